The van der Waals surface area contributed by atoms with Crippen molar-refractivity contribution in [2.45, 2.75) is 20.3 Å². The van der Waals surface area contributed by atoms with E-state index in [-0.39, 0.29) is 19.6 Å². The van der Waals surface area contributed by atoms with E-state index in [0.717, 1.165) is 21.7 Å². The molecule has 0 saturated heterocycles. The Morgan fingerprint density at radius 3 is 2.68 bits per heavy atom. The van der Waals surface area contributed by atoms with E-state index in [1.807, 2.05) is 0 Å². The monoisotopic (exact) mass is 382 g/mol. The fourth-order valence-electron chi connectivity index (χ4n) is 2.83. The SMILES string of the molecule is CCOP(=O)(COc1ccc(C(N)=O)c2c1-c1ncsc1C2)OCC. The first-order valence-corrected chi connectivity index (χ1v) is 10.5. The van der Waals surface area contributed by atoms with Gasteiger partial charge in [-0.25, -0.2) is 4.98 Å². The van der Waals surface area contributed by atoms with Crippen LogP contribution in [0.3, 0.4) is 0 Å². The zero-order valence-corrected chi connectivity index (χ0v) is 15.7. The molecule has 1 heterocycles. The van der Waals surface area contributed by atoms with E-state index < -0.39 is 13.5 Å². The van der Waals surface area contributed by atoms with Gasteiger partial charge >= 0.3 is 7.60 Å². The average molecular weight is 382 g/mol. The molecule has 0 aliphatic heterocycles. The molecule has 2 N–H and O–H groups in total. The molecule has 7 nitrogen and oxygen atoms in total. The molecule has 2 aromatic rings. The van der Waals surface area contributed by atoms with Crippen molar-refractivity contribution < 1.29 is 23.1 Å². The smallest absolute Gasteiger partial charge is 0.367 e. The molecule has 1 aromatic carbocycles. The van der Waals surface area contributed by atoms with E-state index >= 15 is 0 Å². The first-order valence-electron chi connectivity index (χ1n) is 7.88. The second kappa shape index (κ2) is 7.25. The predicted molar refractivity (Wildman–Crippen MR) is 95.2 cm³/mol. The molecule has 0 spiro atoms. The highest BCUT2D eigenvalue weighted by molar-refractivity contribution is 7.53. The quantitative estimate of drug-likeness (QED) is 0.599. The predicted octanol–water partition coefficient (Wildman–Crippen LogP) is 3.42. The third kappa shape index (κ3) is 3.48. The lowest BCUT2D eigenvalue weighted by molar-refractivity contribution is 0.0999. The summed E-state index contributed by atoms with van der Waals surface area (Å²) in [6, 6.07) is 3.27. The van der Waals surface area contributed by atoms with Crippen LogP contribution in [0.25, 0.3) is 11.3 Å². The molecule has 3 rings (SSSR count). The number of hydrogen-bond donors (Lipinski definition) is 1. The average Bonchev–Trinajstić information content (AvgIpc) is 3.13. The van der Waals surface area contributed by atoms with Gasteiger partial charge in [0.2, 0.25) is 5.91 Å². The van der Waals surface area contributed by atoms with Crippen molar-refractivity contribution in [2.24, 2.45) is 5.73 Å². The van der Waals surface area contributed by atoms with Crippen LogP contribution in [0.15, 0.2) is 17.6 Å². The van der Waals surface area contributed by atoms with E-state index in [0.29, 0.717) is 17.7 Å². The van der Waals surface area contributed by atoms with Gasteiger partial charge in [-0.15, -0.1) is 11.3 Å². The Labute approximate surface area is 149 Å². The summed E-state index contributed by atoms with van der Waals surface area (Å²) in [5, 5.41) is 0. The van der Waals surface area contributed by atoms with Gasteiger partial charge in [-0.1, -0.05) is 0 Å². The molecule has 0 atom stereocenters. The van der Waals surface area contributed by atoms with E-state index in [1.165, 1.54) is 11.3 Å². The van der Waals surface area contributed by atoms with Crippen molar-refractivity contribution in [3.8, 4) is 17.0 Å². The van der Waals surface area contributed by atoms with Crippen LogP contribution < -0.4 is 10.5 Å². The second-order valence-corrected chi connectivity index (χ2v) is 8.29. The molecule has 0 radical (unpaired) electrons. The first-order chi connectivity index (χ1) is 12.0. The molecule has 1 aliphatic carbocycles. The normalized spacial score (nSPS) is 12.7. The maximum Gasteiger partial charge on any atom is 0.367 e. The topological polar surface area (TPSA) is 101 Å². The number of nitrogens with two attached hydrogens (primary N) is 1. The Hall–Kier alpha value is -1.73. The maximum absolute atomic E-state index is 12.6. The number of thiazole rings is 1. The van der Waals surface area contributed by atoms with Gasteiger partial charge in [-0.3, -0.25) is 9.36 Å². The van der Waals surface area contributed by atoms with Crippen LogP contribution in [0.1, 0.15) is 34.6 Å². The van der Waals surface area contributed by atoms with Gasteiger partial charge in [0, 0.05) is 22.4 Å². The van der Waals surface area contributed by atoms with Gasteiger partial charge in [0.15, 0.2) is 6.35 Å². The molecular weight excluding hydrogens is 363 g/mol. The summed E-state index contributed by atoms with van der Waals surface area (Å²) in [6.45, 7) is 4.00. The van der Waals surface area contributed by atoms with Gasteiger partial charge in [-0.05, 0) is 31.5 Å². The Morgan fingerprint density at radius 2 is 2.04 bits per heavy atom. The molecule has 1 amide bonds. The Bertz CT molecular complexity index is 841. The second-order valence-electron chi connectivity index (χ2n) is 5.35. The summed E-state index contributed by atoms with van der Waals surface area (Å²) in [5.74, 6) is -0.00321. The van der Waals surface area contributed by atoms with Crippen LogP contribution in [-0.4, -0.2) is 30.5 Å². The van der Waals surface area contributed by atoms with Crippen LogP contribution in [0, 0.1) is 0 Å². The maximum atomic E-state index is 12.6. The number of benzene rings is 1. The molecule has 9 heteroatoms. The summed E-state index contributed by atoms with van der Waals surface area (Å²) in [4.78, 5) is 17.1. The molecule has 1 aliphatic rings. The number of carbonyl (C=O) groups is 1. The first kappa shape index (κ1) is 18.1. The summed E-state index contributed by atoms with van der Waals surface area (Å²) >= 11 is 1.51. The Morgan fingerprint density at radius 1 is 1.32 bits per heavy atom. The number of fused-ring (bicyclic) bond motifs is 3. The zero-order chi connectivity index (χ0) is 18.0. The molecule has 0 bridgehead atoms. The van der Waals surface area contributed by atoms with Gasteiger partial charge in [0.25, 0.3) is 0 Å². The van der Waals surface area contributed by atoms with Crippen LogP contribution in [-0.2, 0) is 20.0 Å². The van der Waals surface area contributed by atoms with Crippen molar-refractivity contribution in [1.82, 2.24) is 4.98 Å². The molecule has 0 unspecified atom stereocenters. The van der Waals surface area contributed by atoms with Crippen molar-refractivity contribution in [3.05, 3.63) is 33.6 Å². The minimum atomic E-state index is -3.34. The molecule has 0 fully saturated rings. The van der Waals surface area contributed by atoms with Gasteiger partial charge in [-0.2, -0.15) is 0 Å². The summed E-state index contributed by atoms with van der Waals surface area (Å²) in [6.07, 6.45) is 0.371. The fourth-order valence-corrected chi connectivity index (χ4v) is 4.92. The highest BCUT2D eigenvalue weighted by Crippen LogP contribution is 2.50. The van der Waals surface area contributed by atoms with Crippen LogP contribution in [0.5, 0.6) is 5.75 Å². The number of nitrogens with zero attached hydrogens (tertiary/aromatic N) is 1. The van der Waals surface area contributed by atoms with E-state index in [4.69, 9.17) is 19.5 Å². The largest absolute Gasteiger partial charge is 0.480 e. The molecule has 25 heavy (non-hydrogen) atoms. The number of primary amides is 1. The number of rotatable bonds is 8. The number of aromatic nitrogens is 1. The number of ether oxygens (including phenoxy) is 1. The van der Waals surface area contributed by atoms with Crippen molar-refractivity contribution in [3.63, 3.8) is 0 Å². The Balaban J connectivity index is 1.95. The summed E-state index contributed by atoms with van der Waals surface area (Å²) in [5.41, 5.74) is 9.98. The standard InChI is InChI=1S/C16H19N2O5PS/c1-3-22-24(20,23-4-2)9-21-12-6-5-10(16(17)19)11-7-13-15(14(11)12)18-8-25-13/h5-6,8H,3-4,7,9H2,1-2H3,(H2,17,19). The lowest BCUT2D eigenvalue weighted by atomic mass is 10.0. The van der Waals surface area contributed by atoms with Crippen LogP contribution in [0.2, 0.25) is 0 Å². The number of hydrogen-bond acceptors (Lipinski definition) is 7. The van der Waals surface area contributed by atoms with Crippen molar-refractivity contribution in [1.29, 1.82) is 0 Å². The van der Waals surface area contributed by atoms with E-state index in [9.17, 15) is 9.36 Å². The lowest BCUT2D eigenvalue weighted by Gasteiger charge is -2.19. The van der Waals surface area contributed by atoms with Crippen molar-refractivity contribution in [2.75, 3.05) is 19.6 Å². The van der Waals surface area contributed by atoms with Crippen LogP contribution in [0.4, 0.5) is 0 Å². The van der Waals surface area contributed by atoms with Gasteiger partial charge in [0.05, 0.1) is 24.4 Å². The van der Waals surface area contributed by atoms with E-state index in [1.54, 1.807) is 31.5 Å². The number of carbonyl (C=O) groups excluding carboxylic acids is 1. The minimum absolute atomic E-state index is 0.212. The molecule has 134 valence electrons. The van der Waals surface area contributed by atoms with E-state index in [2.05, 4.69) is 4.98 Å². The zero-order valence-electron chi connectivity index (χ0n) is 14.0. The summed E-state index contributed by atoms with van der Waals surface area (Å²) in [7, 11) is -3.34. The summed E-state index contributed by atoms with van der Waals surface area (Å²) < 4.78 is 28.9. The fraction of sp³-hybridized carbons (Fsp3) is 0.375. The third-order valence-electron chi connectivity index (χ3n) is 3.78. The van der Waals surface area contributed by atoms with Gasteiger partial charge < -0.3 is 19.5 Å². The molecule has 0 saturated carbocycles. The molecule has 1 aromatic heterocycles. The Kier molecular flexibility index (Phi) is 5.24. The number of amides is 1. The minimum Gasteiger partial charge on any atom is -0.480 e. The highest BCUT2D eigenvalue weighted by Gasteiger charge is 2.31. The highest BCUT2D eigenvalue weighted by atomic mass is 32.1. The molecular formula is C16H19N2O5PS. The lowest BCUT2D eigenvalue weighted by Crippen LogP contribution is -2.14. The van der Waals surface area contributed by atoms with Crippen LogP contribution >= 0.6 is 18.9 Å². The van der Waals surface area contributed by atoms with Gasteiger partial charge in [0.1, 0.15) is 5.75 Å². The third-order valence-corrected chi connectivity index (χ3v) is 6.37. The van der Waals surface area contributed by atoms with Crippen molar-refractivity contribution >= 4 is 24.8 Å².